The molecule has 0 saturated heterocycles. The Hall–Kier alpha value is -1.11. The van der Waals surface area contributed by atoms with Crippen molar-refractivity contribution in [2.75, 3.05) is 37.1 Å². The number of hydrogen-bond acceptors (Lipinski definition) is 4. The fraction of sp³-hybridized carbons (Fsp3) is 0.704. The molecule has 1 rings (SSSR count). The van der Waals surface area contributed by atoms with Crippen LogP contribution in [0.1, 0.15) is 95.1 Å². The average Bonchev–Trinajstić information content (AvgIpc) is 2.81. The molecule has 6 heteroatoms. The fourth-order valence-electron chi connectivity index (χ4n) is 3.58. The van der Waals surface area contributed by atoms with Gasteiger partial charge in [0.15, 0.2) is 0 Å². The number of carbonyl (C=O) groups is 1. The summed E-state index contributed by atoms with van der Waals surface area (Å²) in [4.78, 5) is 13.1. The highest BCUT2D eigenvalue weighted by Crippen LogP contribution is 2.18. The fourth-order valence-corrected chi connectivity index (χ4v) is 4.24. The van der Waals surface area contributed by atoms with E-state index in [0.717, 1.165) is 60.0 Å². The van der Waals surface area contributed by atoms with Crippen molar-refractivity contribution >= 4 is 40.6 Å². The first-order valence-electron chi connectivity index (χ1n) is 12.8. The molecule has 0 spiro atoms. The van der Waals surface area contributed by atoms with Crippen molar-refractivity contribution in [2.24, 2.45) is 0 Å². The van der Waals surface area contributed by atoms with Crippen molar-refractivity contribution in [3.8, 4) is 0 Å². The second kappa shape index (κ2) is 20.3. The predicted molar refractivity (Wildman–Crippen MR) is 150 cm³/mol. The van der Waals surface area contributed by atoms with Gasteiger partial charge in [-0.25, -0.2) is 0 Å². The summed E-state index contributed by atoms with van der Waals surface area (Å²) in [7, 11) is 0. The molecular formula is C27H46N2O2S2. The minimum absolute atomic E-state index is 0.0285. The monoisotopic (exact) mass is 494 g/mol. The highest BCUT2D eigenvalue weighted by atomic mass is 32.2. The summed E-state index contributed by atoms with van der Waals surface area (Å²) in [6.07, 6.45) is 16.3. The maximum absolute atomic E-state index is 12.4. The van der Waals surface area contributed by atoms with E-state index in [1.807, 2.05) is 36.9 Å². The van der Waals surface area contributed by atoms with E-state index in [4.69, 9.17) is 17.0 Å². The number of aryl methyl sites for hydroxylation is 1. The molecule has 33 heavy (non-hydrogen) atoms. The molecule has 0 aliphatic heterocycles. The first-order chi connectivity index (χ1) is 16.1. The Labute approximate surface area is 212 Å². The van der Waals surface area contributed by atoms with Gasteiger partial charge in [0, 0.05) is 37.4 Å². The van der Waals surface area contributed by atoms with E-state index in [9.17, 15) is 4.79 Å². The molecule has 0 aliphatic carbocycles. The van der Waals surface area contributed by atoms with Gasteiger partial charge in [-0.2, -0.15) is 11.8 Å². The number of carbonyl (C=O) groups excluding carboxylic acids is 1. The Balaban J connectivity index is 2.15. The van der Waals surface area contributed by atoms with Crippen molar-refractivity contribution in [3.05, 3.63) is 29.3 Å². The van der Waals surface area contributed by atoms with Crippen LogP contribution in [0.25, 0.3) is 0 Å². The highest BCUT2D eigenvalue weighted by molar-refractivity contribution is 7.98. The van der Waals surface area contributed by atoms with E-state index < -0.39 is 0 Å². The number of unbranched alkanes of at least 4 members (excludes halogenated alkanes) is 8. The van der Waals surface area contributed by atoms with Crippen LogP contribution in [0.2, 0.25) is 0 Å². The number of hydrogen-bond donors (Lipinski definition) is 2. The molecule has 1 amide bonds. The molecule has 0 aromatic heterocycles. The predicted octanol–water partition coefficient (Wildman–Crippen LogP) is 7.28. The summed E-state index contributed by atoms with van der Waals surface area (Å²) in [6.45, 7) is 6.58. The van der Waals surface area contributed by atoms with Gasteiger partial charge in [-0.05, 0) is 49.8 Å². The number of thioether (sulfide) groups is 1. The second-order valence-corrected chi connectivity index (χ2v) is 10.1. The van der Waals surface area contributed by atoms with Crippen molar-refractivity contribution in [1.29, 1.82) is 0 Å². The molecular weight excluding hydrogens is 448 g/mol. The summed E-state index contributed by atoms with van der Waals surface area (Å²) in [6, 6.07) is 5.99. The molecule has 1 aromatic carbocycles. The Kier molecular flexibility index (Phi) is 18.4. The number of ether oxygens (including phenoxy) is 1. The summed E-state index contributed by atoms with van der Waals surface area (Å²) in [5.74, 6) is 1.15. The van der Waals surface area contributed by atoms with E-state index in [1.54, 1.807) is 0 Å². The van der Waals surface area contributed by atoms with Gasteiger partial charge in [-0.3, -0.25) is 4.79 Å². The zero-order valence-corrected chi connectivity index (χ0v) is 22.8. The first-order valence-corrected chi connectivity index (χ1v) is 14.6. The van der Waals surface area contributed by atoms with E-state index in [0.29, 0.717) is 13.0 Å². The molecule has 0 fully saturated rings. The normalized spacial score (nSPS) is 10.9. The van der Waals surface area contributed by atoms with Gasteiger partial charge in [0.1, 0.15) is 4.99 Å². The average molecular weight is 495 g/mol. The van der Waals surface area contributed by atoms with Gasteiger partial charge in [0.25, 0.3) is 0 Å². The second-order valence-electron chi connectivity index (χ2n) is 8.72. The minimum Gasteiger partial charge on any atom is -0.381 e. The van der Waals surface area contributed by atoms with E-state index >= 15 is 0 Å². The Morgan fingerprint density at radius 2 is 1.64 bits per heavy atom. The molecule has 4 nitrogen and oxygen atoms in total. The van der Waals surface area contributed by atoms with Gasteiger partial charge in [-0.1, -0.05) is 82.6 Å². The molecule has 1 aromatic rings. The maximum Gasteiger partial charge on any atom is 0.224 e. The third kappa shape index (κ3) is 15.4. The van der Waals surface area contributed by atoms with E-state index in [1.165, 1.54) is 51.4 Å². The number of nitrogens with one attached hydrogen (secondary N) is 2. The molecule has 0 radical (unpaired) electrons. The zero-order valence-electron chi connectivity index (χ0n) is 21.2. The topological polar surface area (TPSA) is 50.4 Å². The number of benzene rings is 1. The lowest BCUT2D eigenvalue weighted by atomic mass is 10.1. The van der Waals surface area contributed by atoms with Gasteiger partial charge < -0.3 is 15.4 Å². The molecule has 0 heterocycles. The van der Waals surface area contributed by atoms with Crippen molar-refractivity contribution in [3.63, 3.8) is 0 Å². The van der Waals surface area contributed by atoms with Gasteiger partial charge in [0.05, 0.1) is 0 Å². The van der Waals surface area contributed by atoms with Crippen molar-refractivity contribution < 1.29 is 9.53 Å². The smallest absolute Gasteiger partial charge is 0.224 e. The molecule has 0 unspecified atom stereocenters. The molecule has 0 atom stereocenters. The zero-order chi connectivity index (χ0) is 24.2. The van der Waals surface area contributed by atoms with Crippen LogP contribution in [-0.4, -0.2) is 42.7 Å². The van der Waals surface area contributed by atoms with Crippen LogP contribution in [0.4, 0.5) is 5.69 Å². The number of amides is 1. The quantitative estimate of drug-likeness (QED) is 0.147. The summed E-state index contributed by atoms with van der Waals surface area (Å²) < 4.78 is 5.72. The summed E-state index contributed by atoms with van der Waals surface area (Å²) in [5.41, 5.74) is 2.82. The summed E-state index contributed by atoms with van der Waals surface area (Å²) in [5, 5.41) is 6.34. The lowest BCUT2D eigenvalue weighted by molar-refractivity contribution is -0.116. The first kappa shape index (κ1) is 29.9. The number of anilines is 1. The van der Waals surface area contributed by atoms with Crippen LogP contribution in [0.3, 0.4) is 0 Å². The van der Waals surface area contributed by atoms with Gasteiger partial charge in [0.2, 0.25) is 5.91 Å². The molecule has 0 saturated carbocycles. The number of rotatable bonds is 20. The van der Waals surface area contributed by atoms with E-state index in [-0.39, 0.29) is 5.91 Å². The third-order valence-corrected chi connectivity index (χ3v) is 6.75. The Morgan fingerprint density at radius 1 is 0.970 bits per heavy atom. The van der Waals surface area contributed by atoms with Gasteiger partial charge >= 0.3 is 0 Å². The Morgan fingerprint density at radius 3 is 2.33 bits per heavy atom. The van der Waals surface area contributed by atoms with Crippen LogP contribution in [0, 0.1) is 6.92 Å². The molecule has 188 valence electrons. The van der Waals surface area contributed by atoms with Crippen molar-refractivity contribution in [2.45, 2.75) is 90.9 Å². The highest BCUT2D eigenvalue weighted by Gasteiger charge is 2.08. The third-order valence-electron chi connectivity index (χ3n) is 5.67. The van der Waals surface area contributed by atoms with Crippen LogP contribution >= 0.6 is 24.0 Å². The molecule has 0 bridgehead atoms. The Bertz CT molecular complexity index is 668. The van der Waals surface area contributed by atoms with Gasteiger partial charge in [-0.15, -0.1) is 0 Å². The molecule has 0 aliphatic rings. The minimum atomic E-state index is 0.0285. The lowest BCUT2D eigenvalue weighted by Gasteiger charge is -2.13. The SMILES string of the molecule is CCCCCCCCCCCOCCCC(=O)Nc1cc(C(=S)NCCCSC)ccc1C. The maximum atomic E-state index is 12.4. The van der Waals surface area contributed by atoms with Crippen LogP contribution in [0.5, 0.6) is 0 Å². The standard InChI is InChI=1S/C27H46N2O2S2/c1-4-5-6-7-8-9-10-11-12-19-31-20-13-15-26(30)29-25-22-24(17-16-23(25)2)27(32)28-18-14-21-33-3/h16-17,22H,4-15,18-21H2,1-3H3,(H,28,32)(H,29,30). The lowest BCUT2D eigenvalue weighted by Crippen LogP contribution is -2.24. The molecule has 2 N–H and O–H groups in total. The number of thiocarbonyl (C=S) groups is 1. The summed E-state index contributed by atoms with van der Waals surface area (Å²) >= 11 is 7.34. The largest absolute Gasteiger partial charge is 0.381 e. The van der Waals surface area contributed by atoms with Crippen LogP contribution in [0.15, 0.2) is 18.2 Å². The van der Waals surface area contributed by atoms with Crippen LogP contribution < -0.4 is 10.6 Å². The van der Waals surface area contributed by atoms with Crippen molar-refractivity contribution in [1.82, 2.24) is 5.32 Å². The van der Waals surface area contributed by atoms with Crippen LogP contribution in [-0.2, 0) is 9.53 Å². The van der Waals surface area contributed by atoms with E-state index in [2.05, 4.69) is 23.8 Å².